The van der Waals surface area contributed by atoms with Crippen molar-refractivity contribution in [1.29, 1.82) is 0 Å². The molecule has 0 bridgehead atoms. The van der Waals surface area contributed by atoms with Crippen LogP contribution < -0.4 is 5.73 Å². The summed E-state index contributed by atoms with van der Waals surface area (Å²) in [4.78, 5) is 2.52. The molecular formula is C12H20Cl2N2. The highest BCUT2D eigenvalue weighted by molar-refractivity contribution is 5.85. The first-order valence-electron chi connectivity index (χ1n) is 5.41. The zero-order chi connectivity index (χ0) is 9.80. The molecule has 1 aliphatic heterocycles. The second-order valence-corrected chi connectivity index (χ2v) is 4.08. The van der Waals surface area contributed by atoms with Crippen LogP contribution in [0.1, 0.15) is 24.8 Å². The van der Waals surface area contributed by atoms with E-state index in [-0.39, 0.29) is 24.8 Å². The molecule has 92 valence electrons. The van der Waals surface area contributed by atoms with E-state index in [4.69, 9.17) is 5.73 Å². The first-order valence-corrected chi connectivity index (χ1v) is 5.41. The van der Waals surface area contributed by atoms with Gasteiger partial charge < -0.3 is 5.73 Å². The molecule has 2 N–H and O–H groups in total. The summed E-state index contributed by atoms with van der Waals surface area (Å²) in [6, 6.07) is 8.23. The number of nitrogen functional groups attached to an aromatic ring is 1. The Kier molecular flexibility index (Phi) is 7.56. The predicted octanol–water partition coefficient (Wildman–Crippen LogP) is 3.10. The molecule has 2 rings (SSSR count). The van der Waals surface area contributed by atoms with Crippen LogP contribution in [0, 0.1) is 0 Å². The van der Waals surface area contributed by atoms with E-state index in [1.54, 1.807) is 0 Å². The number of benzene rings is 1. The molecule has 1 aliphatic rings. The largest absolute Gasteiger partial charge is 0.399 e. The summed E-state index contributed by atoms with van der Waals surface area (Å²) in [7, 11) is 0. The number of piperidine rings is 1. The molecular weight excluding hydrogens is 243 g/mol. The second kappa shape index (κ2) is 7.77. The first kappa shape index (κ1) is 15.6. The molecule has 1 aromatic rings. The molecule has 0 saturated carbocycles. The summed E-state index contributed by atoms with van der Waals surface area (Å²) >= 11 is 0. The molecule has 0 aromatic heterocycles. The van der Waals surface area contributed by atoms with Gasteiger partial charge >= 0.3 is 0 Å². The SMILES string of the molecule is Cl.Cl.Nc1ccc(CN2CCCCC2)cc1. The van der Waals surface area contributed by atoms with Crippen molar-refractivity contribution in [2.45, 2.75) is 25.8 Å². The van der Waals surface area contributed by atoms with E-state index in [1.807, 2.05) is 12.1 Å². The molecule has 0 amide bonds. The third-order valence-electron chi connectivity index (χ3n) is 2.83. The molecule has 0 spiro atoms. The van der Waals surface area contributed by atoms with Crippen LogP contribution in [0.25, 0.3) is 0 Å². The van der Waals surface area contributed by atoms with E-state index < -0.39 is 0 Å². The van der Waals surface area contributed by atoms with Gasteiger partial charge in [-0.25, -0.2) is 0 Å². The number of nitrogens with zero attached hydrogens (tertiary/aromatic N) is 1. The monoisotopic (exact) mass is 262 g/mol. The quantitative estimate of drug-likeness (QED) is 0.831. The Bertz CT molecular complexity index is 282. The van der Waals surface area contributed by atoms with Gasteiger partial charge in [-0.15, -0.1) is 24.8 Å². The minimum absolute atomic E-state index is 0. The van der Waals surface area contributed by atoms with Crippen LogP contribution in [0.15, 0.2) is 24.3 Å². The Morgan fingerprint density at radius 3 is 2.06 bits per heavy atom. The summed E-state index contributed by atoms with van der Waals surface area (Å²) in [5.74, 6) is 0. The zero-order valence-corrected chi connectivity index (χ0v) is 11.0. The smallest absolute Gasteiger partial charge is 0.0314 e. The van der Waals surface area contributed by atoms with Crippen LogP contribution in [0.5, 0.6) is 0 Å². The number of rotatable bonds is 2. The van der Waals surface area contributed by atoms with Crippen LogP contribution in [0.3, 0.4) is 0 Å². The van der Waals surface area contributed by atoms with Crippen molar-refractivity contribution in [2.24, 2.45) is 0 Å². The van der Waals surface area contributed by atoms with E-state index in [9.17, 15) is 0 Å². The molecule has 1 aromatic carbocycles. The van der Waals surface area contributed by atoms with Crippen molar-refractivity contribution < 1.29 is 0 Å². The Balaban J connectivity index is 0.00000112. The van der Waals surface area contributed by atoms with Crippen molar-refractivity contribution in [3.05, 3.63) is 29.8 Å². The molecule has 0 unspecified atom stereocenters. The Labute approximate surface area is 110 Å². The van der Waals surface area contributed by atoms with Crippen molar-refractivity contribution in [2.75, 3.05) is 18.8 Å². The van der Waals surface area contributed by atoms with Gasteiger partial charge in [0.2, 0.25) is 0 Å². The fraction of sp³-hybridized carbons (Fsp3) is 0.500. The Morgan fingerprint density at radius 1 is 0.938 bits per heavy atom. The van der Waals surface area contributed by atoms with Gasteiger partial charge in [-0.3, -0.25) is 4.90 Å². The third-order valence-corrected chi connectivity index (χ3v) is 2.83. The summed E-state index contributed by atoms with van der Waals surface area (Å²) in [6.07, 6.45) is 4.11. The van der Waals surface area contributed by atoms with Crippen LogP contribution in [0.4, 0.5) is 5.69 Å². The number of anilines is 1. The average Bonchev–Trinajstić information content (AvgIpc) is 2.23. The average molecular weight is 263 g/mol. The van der Waals surface area contributed by atoms with E-state index in [0.717, 1.165) is 12.2 Å². The third kappa shape index (κ3) is 4.60. The van der Waals surface area contributed by atoms with Crippen LogP contribution in [0.2, 0.25) is 0 Å². The highest BCUT2D eigenvalue weighted by Crippen LogP contribution is 2.13. The number of halogens is 2. The van der Waals surface area contributed by atoms with E-state index >= 15 is 0 Å². The summed E-state index contributed by atoms with van der Waals surface area (Å²) in [5, 5.41) is 0. The molecule has 16 heavy (non-hydrogen) atoms. The van der Waals surface area contributed by atoms with Crippen molar-refractivity contribution >= 4 is 30.5 Å². The van der Waals surface area contributed by atoms with Crippen molar-refractivity contribution in [3.8, 4) is 0 Å². The van der Waals surface area contributed by atoms with Crippen molar-refractivity contribution in [3.63, 3.8) is 0 Å². The van der Waals surface area contributed by atoms with Gasteiger partial charge in [0, 0.05) is 12.2 Å². The molecule has 0 radical (unpaired) electrons. The summed E-state index contributed by atoms with van der Waals surface area (Å²) < 4.78 is 0. The lowest BCUT2D eigenvalue weighted by molar-refractivity contribution is 0.221. The van der Waals surface area contributed by atoms with Gasteiger partial charge in [0.1, 0.15) is 0 Å². The minimum Gasteiger partial charge on any atom is -0.399 e. The lowest BCUT2D eigenvalue weighted by atomic mass is 10.1. The molecule has 4 heteroatoms. The number of likely N-dealkylation sites (tertiary alicyclic amines) is 1. The van der Waals surface area contributed by atoms with E-state index in [0.29, 0.717) is 0 Å². The lowest BCUT2D eigenvalue weighted by Crippen LogP contribution is -2.29. The molecule has 1 heterocycles. The maximum atomic E-state index is 5.65. The second-order valence-electron chi connectivity index (χ2n) is 4.08. The Hall–Kier alpha value is -0.440. The van der Waals surface area contributed by atoms with Crippen LogP contribution >= 0.6 is 24.8 Å². The minimum atomic E-state index is 0. The van der Waals surface area contributed by atoms with Crippen LogP contribution in [-0.2, 0) is 6.54 Å². The van der Waals surface area contributed by atoms with E-state index in [2.05, 4.69) is 17.0 Å². The van der Waals surface area contributed by atoms with Crippen molar-refractivity contribution in [1.82, 2.24) is 4.90 Å². The van der Waals surface area contributed by atoms with Gasteiger partial charge in [0.15, 0.2) is 0 Å². The van der Waals surface area contributed by atoms with Gasteiger partial charge in [-0.1, -0.05) is 18.6 Å². The lowest BCUT2D eigenvalue weighted by Gasteiger charge is -2.26. The summed E-state index contributed by atoms with van der Waals surface area (Å²) in [5.41, 5.74) is 7.88. The van der Waals surface area contributed by atoms with Gasteiger partial charge in [0.05, 0.1) is 0 Å². The molecule has 1 fully saturated rings. The maximum Gasteiger partial charge on any atom is 0.0314 e. The highest BCUT2D eigenvalue weighted by atomic mass is 35.5. The zero-order valence-electron chi connectivity index (χ0n) is 9.39. The fourth-order valence-electron chi connectivity index (χ4n) is 2.00. The normalized spacial score (nSPS) is 16.0. The Morgan fingerprint density at radius 2 is 1.50 bits per heavy atom. The van der Waals surface area contributed by atoms with Gasteiger partial charge in [0.25, 0.3) is 0 Å². The number of hydrogen-bond donors (Lipinski definition) is 1. The number of nitrogens with two attached hydrogens (primary N) is 1. The standard InChI is InChI=1S/C12H18N2.2ClH/c13-12-6-4-11(5-7-12)10-14-8-2-1-3-9-14;;/h4-7H,1-3,8-10,13H2;2*1H. The molecule has 2 nitrogen and oxygen atoms in total. The van der Waals surface area contributed by atoms with Gasteiger partial charge in [-0.2, -0.15) is 0 Å². The fourth-order valence-corrected chi connectivity index (χ4v) is 2.00. The molecule has 0 atom stereocenters. The van der Waals surface area contributed by atoms with E-state index in [1.165, 1.54) is 37.9 Å². The molecule has 1 saturated heterocycles. The summed E-state index contributed by atoms with van der Waals surface area (Å²) in [6.45, 7) is 3.59. The van der Waals surface area contributed by atoms with Gasteiger partial charge in [-0.05, 0) is 43.6 Å². The number of hydrogen-bond acceptors (Lipinski definition) is 2. The molecule has 0 aliphatic carbocycles. The van der Waals surface area contributed by atoms with Crippen LogP contribution in [-0.4, -0.2) is 18.0 Å². The predicted molar refractivity (Wildman–Crippen MR) is 74.5 cm³/mol. The highest BCUT2D eigenvalue weighted by Gasteiger charge is 2.09. The first-order chi connectivity index (χ1) is 6.84. The maximum absolute atomic E-state index is 5.65. The topological polar surface area (TPSA) is 29.3 Å².